The van der Waals surface area contributed by atoms with Gasteiger partial charge in [-0.25, -0.2) is 0 Å². The van der Waals surface area contributed by atoms with Gasteiger partial charge in [-0.05, 0) is 38.3 Å². The molecule has 2 N–H and O–H groups in total. The summed E-state index contributed by atoms with van der Waals surface area (Å²) in [6.07, 6.45) is 7.72. The zero-order valence-electron chi connectivity index (χ0n) is 18.0. The van der Waals surface area contributed by atoms with Gasteiger partial charge in [0.25, 0.3) is 0 Å². The van der Waals surface area contributed by atoms with Crippen LogP contribution in [0.3, 0.4) is 0 Å². The van der Waals surface area contributed by atoms with Gasteiger partial charge in [0.15, 0.2) is 6.29 Å². The average Bonchev–Trinajstić information content (AvgIpc) is 3.39. The summed E-state index contributed by atoms with van der Waals surface area (Å²) in [6, 6.07) is 0. The average molecular weight is 430 g/mol. The van der Waals surface area contributed by atoms with Crippen LogP contribution in [0.1, 0.15) is 64.2 Å². The molecule has 1 saturated carbocycles. The van der Waals surface area contributed by atoms with Crippen LogP contribution in [-0.2, 0) is 14.3 Å². The lowest BCUT2D eigenvalue weighted by molar-refractivity contribution is -0.124. The maximum absolute atomic E-state index is 13.5. The van der Waals surface area contributed by atoms with Gasteiger partial charge in [0.05, 0.1) is 15.8 Å². The minimum atomic E-state index is -0.502. The molecule has 1 amide bonds. The Labute approximate surface area is 182 Å². The van der Waals surface area contributed by atoms with Crippen molar-refractivity contribution in [3.05, 3.63) is 33.5 Å². The first-order chi connectivity index (χ1) is 14.5. The molecule has 1 saturated heterocycles. The fraction of sp³-hybridized carbons (Fsp3) is 0.652. The van der Waals surface area contributed by atoms with Crippen LogP contribution in [0.4, 0.5) is 0 Å². The summed E-state index contributed by atoms with van der Waals surface area (Å²) >= 11 is 1.60. The second-order valence-corrected chi connectivity index (χ2v) is 9.93. The number of carbonyl (C=O) groups excluding carboxylic acids is 1. The number of amides is 1. The van der Waals surface area contributed by atoms with E-state index in [-0.39, 0.29) is 23.8 Å². The lowest BCUT2D eigenvalue weighted by Crippen LogP contribution is -2.66. The first kappa shape index (κ1) is 20.2. The number of hydrogen-bond acceptors (Lipinski definition) is 6. The molecular weight excluding hydrogens is 398 g/mol. The molecule has 2 fully saturated rings. The quantitative estimate of drug-likeness (QED) is 0.762. The Bertz CT molecular complexity index is 895. The molecule has 3 heterocycles. The standard InChI is InChI=1S/C23H31N3O3S/c1-4-26-23(9-6-5-7-10-23)22(3)18-15(8-11-25-21(18)27)17(16-12-24-13-30-16)19-20(22)29-14(2)28-19/h12-14,20,26H,4-11H2,1-3H3,(H,25,27)/t14-,20-,22?/m0/s1. The monoisotopic (exact) mass is 429 g/mol. The predicted molar refractivity (Wildman–Crippen MR) is 117 cm³/mol. The summed E-state index contributed by atoms with van der Waals surface area (Å²) < 4.78 is 12.8. The molecule has 0 aromatic carbocycles. The Morgan fingerprint density at radius 1 is 1.33 bits per heavy atom. The highest BCUT2D eigenvalue weighted by molar-refractivity contribution is 7.10. The topological polar surface area (TPSA) is 72.5 Å². The van der Waals surface area contributed by atoms with Crippen molar-refractivity contribution in [1.29, 1.82) is 0 Å². The summed E-state index contributed by atoms with van der Waals surface area (Å²) in [6.45, 7) is 7.88. The molecule has 5 rings (SSSR count). The van der Waals surface area contributed by atoms with Gasteiger partial charge in [0.2, 0.25) is 5.91 Å². The third-order valence-electron chi connectivity index (χ3n) is 7.54. The minimum absolute atomic E-state index is 0.0471. The van der Waals surface area contributed by atoms with E-state index in [2.05, 4.69) is 29.5 Å². The fourth-order valence-electron chi connectivity index (χ4n) is 6.31. The van der Waals surface area contributed by atoms with Gasteiger partial charge in [0.1, 0.15) is 11.9 Å². The molecule has 1 aromatic rings. The first-order valence-electron chi connectivity index (χ1n) is 11.2. The summed E-state index contributed by atoms with van der Waals surface area (Å²) in [4.78, 5) is 18.9. The summed E-state index contributed by atoms with van der Waals surface area (Å²) in [5.74, 6) is 0.941. The molecular formula is C23H31N3O3S. The van der Waals surface area contributed by atoms with Gasteiger partial charge in [-0.2, -0.15) is 0 Å². The first-order valence-corrected chi connectivity index (χ1v) is 12.1. The number of carbonyl (C=O) groups is 1. The molecule has 162 valence electrons. The Morgan fingerprint density at radius 3 is 2.83 bits per heavy atom. The molecule has 1 unspecified atom stereocenters. The third-order valence-corrected chi connectivity index (χ3v) is 8.33. The van der Waals surface area contributed by atoms with Crippen LogP contribution in [0.5, 0.6) is 0 Å². The van der Waals surface area contributed by atoms with E-state index in [0.717, 1.165) is 66.0 Å². The number of nitrogens with one attached hydrogen (secondary N) is 2. The molecule has 6 nitrogen and oxygen atoms in total. The zero-order chi connectivity index (χ0) is 20.9. The van der Waals surface area contributed by atoms with Crippen molar-refractivity contribution in [2.75, 3.05) is 13.1 Å². The molecule has 3 atom stereocenters. The van der Waals surface area contributed by atoms with E-state index in [9.17, 15) is 4.79 Å². The van der Waals surface area contributed by atoms with Crippen molar-refractivity contribution in [2.24, 2.45) is 5.41 Å². The predicted octanol–water partition coefficient (Wildman–Crippen LogP) is 3.76. The van der Waals surface area contributed by atoms with Crippen molar-refractivity contribution >= 4 is 22.8 Å². The summed E-state index contributed by atoms with van der Waals surface area (Å²) in [5, 5.41) is 6.99. The lowest BCUT2D eigenvalue weighted by Gasteiger charge is -2.56. The molecule has 2 aliphatic carbocycles. The minimum Gasteiger partial charge on any atom is -0.466 e. The molecule has 1 aromatic heterocycles. The van der Waals surface area contributed by atoms with Crippen LogP contribution in [-0.4, -0.2) is 41.9 Å². The number of aromatic nitrogens is 1. The summed E-state index contributed by atoms with van der Waals surface area (Å²) in [7, 11) is 0. The number of rotatable bonds is 4. The molecule has 30 heavy (non-hydrogen) atoms. The number of ether oxygens (including phenoxy) is 2. The lowest BCUT2D eigenvalue weighted by atomic mass is 9.53. The van der Waals surface area contributed by atoms with Crippen molar-refractivity contribution in [3.63, 3.8) is 0 Å². The van der Waals surface area contributed by atoms with Crippen LogP contribution in [0.2, 0.25) is 0 Å². The number of nitrogens with zero attached hydrogens (tertiary/aromatic N) is 1. The Balaban J connectivity index is 1.78. The molecule has 7 heteroatoms. The number of allylic oxidation sites excluding steroid dienone is 1. The molecule has 4 aliphatic rings. The SMILES string of the molecule is CCNC1(C2(C)C3=C(CCNC3=O)C(c3cncs3)=C3O[C@H](C)O[C@@H]32)CCCCC1. The van der Waals surface area contributed by atoms with Gasteiger partial charge in [-0.15, -0.1) is 11.3 Å². The van der Waals surface area contributed by atoms with E-state index in [4.69, 9.17) is 9.47 Å². The van der Waals surface area contributed by atoms with Crippen molar-refractivity contribution in [2.45, 2.75) is 77.2 Å². The molecule has 0 spiro atoms. The highest BCUT2D eigenvalue weighted by atomic mass is 32.1. The van der Waals surface area contributed by atoms with Gasteiger partial charge in [-0.1, -0.05) is 33.1 Å². The molecule has 2 aliphatic heterocycles. The number of fused-ring (bicyclic) bond motifs is 1. The van der Waals surface area contributed by atoms with E-state index in [1.165, 1.54) is 6.42 Å². The second-order valence-electron chi connectivity index (χ2n) is 9.04. The Hall–Kier alpha value is -1.70. The van der Waals surface area contributed by atoms with E-state index in [1.54, 1.807) is 11.3 Å². The number of hydrogen-bond donors (Lipinski definition) is 2. The third kappa shape index (κ3) is 2.75. The number of thiazole rings is 1. The fourth-order valence-corrected chi connectivity index (χ4v) is 7.01. The van der Waals surface area contributed by atoms with Crippen LogP contribution >= 0.6 is 11.3 Å². The highest BCUT2D eigenvalue weighted by Gasteiger charge is 2.63. The van der Waals surface area contributed by atoms with Crippen molar-refractivity contribution in [1.82, 2.24) is 15.6 Å². The van der Waals surface area contributed by atoms with E-state index >= 15 is 0 Å². The van der Waals surface area contributed by atoms with Gasteiger partial charge >= 0.3 is 0 Å². The van der Waals surface area contributed by atoms with Crippen LogP contribution in [0.15, 0.2) is 28.6 Å². The van der Waals surface area contributed by atoms with Crippen LogP contribution in [0, 0.1) is 5.41 Å². The van der Waals surface area contributed by atoms with Crippen LogP contribution < -0.4 is 10.6 Å². The van der Waals surface area contributed by atoms with Crippen molar-refractivity contribution in [3.8, 4) is 0 Å². The van der Waals surface area contributed by atoms with Gasteiger partial charge < -0.3 is 20.1 Å². The maximum atomic E-state index is 13.5. The smallest absolute Gasteiger partial charge is 0.248 e. The molecule has 0 radical (unpaired) electrons. The zero-order valence-corrected chi connectivity index (χ0v) is 18.9. The maximum Gasteiger partial charge on any atom is 0.248 e. The van der Waals surface area contributed by atoms with Gasteiger partial charge in [0, 0.05) is 29.4 Å². The van der Waals surface area contributed by atoms with Crippen molar-refractivity contribution < 1.29 is 14.3 Å². The van der Waals surface area contributed by atoms with Crippen LogP contribution in [0.25, 0.3) is 5.57 Å². The largest absolute Gasteiger partial charge is 0.466 e. The molecule has 0 bridgehead atoms. The summed E-state index contributed by atoms with van der Waals surface area (Å²) in [5.41, 5.74) is 4.20. The Morgan fingerprint density at radius 2 is 2.13 bits per heavy atom. The Kier molecular flexibility index (Phi) is 5.03. The van der Waals surface area contributed by atoms with Gasteiger partial charge in [-0.3, -0.25) is 9.78 Å². The van der Waals surface area contributed by atoms with E-state index < -0.39 is 5.41 Å². The normalized spacial score (nSPS) is 33.1. The highest BCUT2D eigenvalue weighted by Crippen LogP contribution is 2.60. The second kappa shape index (κ2) is 7.46. The van der Waals surface area contributed by atoms with E-state index in [0.29, 0.717) is 6.54 Å². The van der Waals surface area contributed by atoms with E-state index in [1.807, 2.05) is 18.6 Å².